The van der Waals surface area contributed by atoms with E-state index >= 15 is 0 Å². The lowest BCUT2D eigenvalue weighted by molar-refractivity contribution is 0.0959. The Kier molecular flexibility index (Phi) is 2.96. The van der Waals surface area contributed by atoms with Gasteiger partial charge in [0.25, 0.3) is 5.91 Å². The van der Waals surface area contributed by atoms with Crippen LogP contribution in [0.3, 0.4) is 0 Å². The van der Waals surface area contributed by atoms with Crippen molar-refractivity contribution in [2.75, 3.05) is 6.54 Å². The van der Waals surface area contributed by atoms with Crippen LogP contribution in [0.1, 0.15) is 10.4 Å². The smallest absolute Gasteiger partial charge is 0.252 e. The highest BCUT2D eigenvalue weighted by atomic mass is 16.1. The molecule has 1 amide bonds. The van der Waals surface area contributed by atoms with Crippen LogP contribution in [0.15, 0.2) is 49.2 Å². The molecule has 0 bridgehead atoms. The predicted molar refractivity (Wildman–Crippen MR) is 64.3 cm³/mol. The van der Waals surface area contributed by atoms with Crippen molar-refractivity contribution in [2.45, 2.75) is 0 Å². The van der Waals surface area contributed by atoms with E-state index in [1.807, 2.05) is 24.3 Å². The average molecular weight is 212 g/mol. The zero-order chi connectivity index (χ0) is 11.4. The molecule has 0 fully saturated rings. The van der Waals surface area contributed by atoms with Crippen LogP contribution in [0.4, 0.5) is 0 Å². The molecule has 1 aromatic heterocycles. The monoisotopic (exact) mass is 212 g/mol. The Labute approximate surface area is 93.8 Å². The van der Waals surface area contributed by atoms with Crippen molar-refractivity contribution < 1.29 is 4.79 Å². The van der Waals surface area contributed by atoms with Crippen molar-refractivity contribution in [1.82, 2.24) is 10.3 Å². The van der Waals surface area contributed by atoms with Gasteiger partial charge in [0.05, 0.1) is 5.52 Å². The number of nitrogens with one attached hydrogen (secondary N) is 1. The van der Waals surface area contributed by atoms with Crippen molar-refractivity contribution in [3.05, 3.63) is 54.7 Å². The summed E-state index contributed by atoms with van der Waals surface area (Å²) >= 11 is 0. The van der Waals surface area contributed by atoms with Gasteiger partial charge in [-0.2, -0.15) is 0 Å². The molecule has 0 atom stereocenters. The second-order valence-corrected chi connectivity index (χ2v) is 3.37. The molecule has 16 heavy (non-hydrogen) atoms. The van der Waals surface area contributed by atoms with Crippen LogP contribution in [0.5, 0.6) is 0 Å². The molecule has 0 aliphatic rings. The molecule has 3 heteroatoms. The molecule has 0 spiro atoms. The summed E-state index contributed by atoms with van der Waals surface area (Å²) < 4.78 is 0. The van der Waals surface area contributed by atoms with Crippen molar-refractivity contribution in [1.29, 1.82) is 0 Å². The zero-order valence-electron chi connectivity index (χ0n) is 8.81. The van der Waals surface area contributed by atoms with E-state index in [0.29, 0.717) is 12.1 Å². The molecule has 0 aliphatic carbocycles. The maximum Gasteiger partial charge on any atom is 0.252 e. The highest BCUT2D eigenvalue weighted by molar-refractivity contribution is 6.06. The normalized spacial score (nSPS) is 10.0. The maximum atomic E-state index is 11.8. The van der Waals surface area contributed by atoms with Crippen LogP contribution >= 0.6 is 0 Å². The molecule has 80 valence electrons. The van der Waals surface area contributed by atoms with Gasteiger partial charge in [-0.25, -0.2) is 0 Å². The van der Waals surface area contributed by atoms with Gasteiger partial charge in [0.1, 0.15) is 0 Å². The van der Waals surface area contributed by atoms with Crippen molar-refractivity contribution in [2.24, 2.45) is 0 Å². The number of nitrogens with zero attached hydrogens (tertiary/aromatic N) is 1. The van der Waals surface area contributed by atoms with E-state index in [0.717, 1.165) is 10.9 Å². The summed E-state index contributed by atoms with van der Waals surface area (Å²) in [4.78, 5) is 16.0. The zero-order valence-corrected chi connectivity index (χ0v) is 8.81. The third-order valence-corrected chi connectivity index (χ3v) is 2.30. The quantitative estimate of drug-likeness (QED) is 0.792. The van der Waals surface area contributed by atoms with Crippen LogP contribution in [0.2, 0.25) is 0 Å². The van der Waals surface area contributed by atoms with Gasteiger partial charge >= 0.3 is 0 Å². The van der Waals surface area contributed by atoms with Crippen molar-refractivity contribution in [3.8, 4) is 0 Å². The third-order valence-electron chi connectivity index (χ3n) is 2.30. The summed E-state index contributed by atoms with van der Waals surface area (Å²) in [7, 11) is 0. The minimum absolute atomic E-state index is 0.0986. The van der Waals surface area contributed by atoms with E-state index in [2.05, 4.69) is 16.9 Å². The Bertz CT molecular complexity index is 529. The van der Waals surface area contributed by atoms with Crippen molar-refractivity contribution >= 4 is 16.8 Å². The number of hydrogen-bond donors (Lipinski definition) is 1. The number of rotatable bonds is 3. The fourth-order valence-corrected chi connectivity index (χ4v) is 1.56. The Hall–Kier alpha value is -2.16. The fourth-order valence-electron chi connectivity index (χ4n) is 1.56. The molecule has 0 aliphatic heterocycles. The lowest BCUT2D eigenvalue weighted by Gasteiger charge is -2.05. The molecule has 2 aromatic rings. The second kappa shape index (κ2) is 4.57. The number of carbonyl (C=O) groups is 1. The van der Waals surface area contributed by atoms with E-state index in [4.69, 9.17) is 0 Å². The van der Waals surface area contributed by atoms with Crippen LogP contribution < -0.4 is 5.32 Å². The summed E-state index contributed by atoms with van der Waals surface area (Å²) in [6.45, 7) is 4.03. The SMILES string of the molecule is C=CCNC(=O)c1cccc2ncccc12. The fraction of sp³-hybridized carbons (Fsp3) is 0.0769. The van der Waals surface area contributed by atoms with Crippen LogP contribution in [-0.2, 0) is 0 Å². The summed E-state index contributed by atoms with van der Waals surface area (Å²) in [6, 6.07) is 9.23. The highest BCUT2D eigenvalue weighted by Crippen LogP contribution is 2.15. The summed E-state index contributed by atoms with van der Waals surface area (Å²) in [5.41, 5.74) is 1.47. The van der Waals surface area contributed by atoms with Gasteiger partial charge < -0.3 is 5.32 Å². The maximum absolute atomic E-state index is 11.8. The number of hydrogen-bond acceptors (Lipinski definition) is 2. The number of benzene rings is 1. The summed E-state index contributed by atoms with van der Waals surface area (Å²) in [6.07, 6.45) is 3.37. The largest absolute Gasteiger partial charge is 0.349 e. The molecule has 0 radical (unpaired) electrons. The molecule has 0 unspecified atom stereocenters. The number of amides is 1. The van der Waals surface area contributed by atoms with Gasteiger partial charge in [0, 0.05) is 23.7 Å². The molecule has 0 saturated heterocycles. The van der Waals surface area contributed by atoms with E-state index in [1.165, 1.54) is 0 Å². The minimum Gasteiger partial charge on any atom is -0.349 e. The Morgan fingerprint density at radius 3 is 3.06 bits per heavy atom. The summed E-state index contributed by atoms with van der Waals surface area (Å²) in [5, 5.41) is 3.62. The molecule has 2 rings (SSSR count). The topological polar surface area (TPSA) is 42.0 Å². The Morgan fingerprint density at radius 2 is 2.25 bits per heavy atom. The van der Waals surface area contributed by atoms with Crippen LogP contribution in [0.25, 0.3) is 10.9 Å². The first-order valence-corrected chi connectivity index (χ1v) is 5.06. The van der Waals surface area contributed by atoms with E-state index in [1.54, 1.807) is 18.3 Å². The predicted octanol–water partition coefficient (Wildman–Crippen LogP) is 2.15. The molecule has 0 saturated carbocycles. The number of aromatic nitrogens is 1. The molecule has 3 nitrogen and oxygen atoms in total. The van der Waals surface area contributed by atoms with Gasteiger partial charge in [0.2, 0.25) is 0 Å². The molecular formula is C13H12N2O. The second-order valence-electron chi connectivity index (χ2n) is 3.37. The molecule has 1 N–H and O–H groups in total. The van der Waals surface area contributed by atoms with Gasteiger partial charge in [0.15, 0.2) is 0 Å². The lowest BCUT2D eigenvalue weighted by Crippen LogP contribution is -2.23. The first-order chi connectivity index (χ1) is 7.83. The van der Waals surface area contributed by atoms with E-state index in [-0.39, 0.29) is 5.91 Å². The van der Waals surface area contributed by atoms with Gasteiger partial charge in [-0.1, -0.05) is 18.2 Å². The van der Waals surface area contributed by atoms with Gasteiger partial charge in [-0.05, 0) is 18.2 Å². The third kappa shape index (κ3) is 1.93. The Balaban J connectivity index is 2.44. The Morgan fingerprint density at radius 1 is 1.38 bits per heavy atom. The van der Waals surface area contributed by atoms with E-state index in [9.17, 15) is 4.79 Å². The minimum atomic E-state index is -0.0986. The van der Waals surface area contributed by atoms with E-state index < -0.39 is 0 Å². The van der Waals surface area contributed by atoms with Crippen molar-refractivity contribution in [3.63, 3.8) is 0 Å². The highest BCUT2D eigenvalue weighted by Gasteiger charge is 2.08. The van der Waals surface area contributed by atoms with Gasteiger partial charge in [-0.3, -0.25) is 9.78 Å². The van der Waals surface area contributed by atoms with Crippen LogP contribution in [0, 0.1) is 0 Å². The number of fused-ring (bicyclic) bond motifs is 1. The lowest BCUT2D eigenvalue weighted by atomic mass is 10.1. The number of carbonyl (C=O) groups excluding carboxylic acids is 1. The average Bonchev–Trinajstić information content (AvgIpc) is 2.35. The van der Waals surface area contributed by atoms with Gasteiger partial charge in [-0.15, -0.1) is 6.58 Å². The molecular weight excluding hydrogens is 200 g/mol. The molecule has 1 aromatic carbocycles. The first-order valence-electron chi connectivity index (χ1n) is 5.06. The molecule has 1 heterocycles. The number of pyridine rings is 1. The summed E-state index contributed by atoms with van der Waals surface area (Å²) in [5.74, 6) is -0.0986. The first kappa shape index (κ1) is 10.4. The van der Waals surface area contributed by atoms with Crippen LogP contribution in [-0.4, -0.2) is 17.4 Å². The standard InChI is InChI=1S/C13H12N2O/c1-2-8-15-13(16)11-5-3-7-12-10(11)6-4-9-14-12/h2-7,9H,1,8H2,(H,15,16).